The van der Waals surface area contributed by atoms with E-state index in [1.807, 2.05) is 7.05 Å². The van der Waals surface area contributed by atoms with Crippen molar-refractivity contribution in [3.8, 4) is 0 Å². The van der Waals surface area contributed by atoms with E-state index in [0.717, 1.165) is 0 Å². The van der Waals surface area contributed by atoms with Gasteiger partial charge in [0, 0.05) is 19.4 Å². The van der Waals surface area contributed by atoms with Gasteiger partial charge in [-0.25, -0.2) is 0 Å². The number of rotatable bonds is 0. The SMILES string of the molecule is CF.Cc1cn(C)cc1C. The Hall–Kier alpha value is -0.790. The average molecular weight is 143 g/mol. The lowest BCUT2D eigenvalue weighted by molar-refractivity contribution is 0.636. The summed E-state index contributed by atoms with van der Waals surface area (Å²) in [7, 11) is 2.54. The first-order valence-corrected chi connectivity index (χ1v) is 3.17. The molecule has 1 nitrogen and oxygen atoms in total. The van der Waals surface area contributed by atoms with Crippen LogP contribution in [0.4, 0.5) is 4.39 Å². The van der Waals surface area contributed by atoms with Gasteiger partial charge in [-0.15, -0.1) is 0 Å². The first-order chi connectivity index (χ1) is 4.70. The maximum Gasteiger partial charge on any atom is 0.0785 e. The summed E-state index contributed by atoms with van der Waals surface area (Å²) in [5.41, 5.74) is 2.74. The molecule has 0 unspecified atom stereocenters. The van der Waals surface area contributed by atoms with E-state index in [0.29, 0.717) is 7.18 Å². The van der Waals surface area contributed by atoms with E-state index in [1.54, 1.807) is 0 Å². The predicted octanol–water partition coefficient (Wildman–Crippen LogP) is 2.23. The van der Waals surface area contributed by atoms with Gasteiger partial charge in [0.2, 0.25) is 0 Å². The fraction of sp³-hybridized carbons (Fsp3) is 0.500. The van der Waals surface area contributed by atoms with Gasteiger partial charge in [0.1, 0.15) is 0 Å². The van der Waals surface area contributed by atoms with Gasteiger partial charge in [-0.05, 0) is 25.0 Å². The predicted molar refractivity (Wildman–Crippen MR) is 41.9 cm³/mol. The van der Waals surface area contributed by atoms with Gasteiger partial charge in [-0.3, -0.25) is 4.39 Å². The molecule has 0 aliphatic heterocycles. The quantitative estimate of drug-likeness (QED) is 0.525. The Bertz CT molecular complexity index is 172. The molecule has 0 saturated carbocycles. The highest BCUT2D eigenvalue weighted by Gasteiger charge is 1.90. The minimum Gasteiger partial charge on any atom is -0.357 e. The second kappa shape index (κ2) is 4.09. The standard InChI is InChI=1S/C7H11N.CH3F/c1-6-4-8(3)5-7(6)2;1-2/h4-5H,1-3H3;1H3. The van der Waals surface area contributed by atoms with E-state index >= 15 is 0 Å². The Morgan fingerprint density at radius 1 is 1.10 bits per heavy atom. The molecule has 0 radical (unpaired) electrons. The van der Waals surface area contributed by atoms with Crippen molar-refractivity contribution in [2.45, 2.75) is 13.8 Å². The number of alkyl halides is 1. The second-order valence-corrected chi connectivity index (χ2v) is 2.29. The molecule has 1 heterocycles. The Kier molecular flexibility index (Phi) is 3.77. The summed E-state index contributed by atoms with van der Waals surface area (Å²) in [6.45, 7) is 4.24. The summed E-state index contributed by atoms with van der Waals surface area (Å²) in [5.74, 6) is 0. The Morgan fingerprint density at radius 3 is 1.50 bits per heavy atom. The van der Waals surface area contributed by atoms with Crippen LogP contribution in [0, 0.1) is 13.8 Å². The van der Waals surface area contributed by atoms with Crippen molar-refractivity contribution >= 4 is 0 Å². The lowest BCUT2D eigenvalue weighted by Crippen LogP contribution is -1.76. The zero-order chi connectivity index (χ0) is 8.15. The molecule has 0 aliphatic rings. The van der Waals surface area contributed by atoms with E-state index in [-0.39, 0.29) is 0 Å². The van der Waals surface area contributed by atoms with E-state index in [1.165, 1.54) is 11.1 Å². The number of aromatic nitrogens is 1. The van der Waals surface area contributed by atoms with Crippen molar-refractivity contribution in [1.29, 1.82) is 0 Å². The van der Waals surface area contributed by atoms with Crippen LogP contribution < -0.4 is 0 Å². The van der Waals surface area contributed by atoms with E-state index in [4.69, 9.17) is 0 Å². The molecule has 0 N–H and O–H groups in total. The van der Waals surface area contributed by atoms with Crippen molar-refractivity contribution in [2.75, 3.05) is 7.18 Å². The number of halogens is 1. The summed E-state index contributed by atoms with van der Waals surface area (Å²) in [4.78, 5) is 0. The van der Waals surface area contributed by atoms with Crippen molar-refractivity contribution in [1.82, 2.24) is 4.57 Å². The maximum absolute atomic E-state index is 9.50. The normalized spacial score (nSPS) is 8.50. The lowest BCUT2D eigenvalue weighted by atomic mass is 10.2. The minimum absolute atomic E-state index is 0.500. The largest absolute Gasteiger partial charge is 0.357 e. The van der Waals surface area contributed by atoms with Gasteiger partial charge in [-0.2, -0.15) is 0 Å². The molecule has 58 valence electrons. The third-order valence-corrected chi connectivity index (χ3v) is 1.42. The van der Waals surface area contributed by atoms with Gasteiger partial charge in [0.15, 0.2) is 0 Å². The highest BCUT2D eigenvalue weighted by Crippen LogP contribution is 2.04. The van der Waals surface area contributed by atoms with Crippen LogP contribution >= 0.6 is 0 Å². The van der Waals surface area contributed by atoms with Gasteiger partial charge < -0.3 is 4.57 Å². The van der Waals surface area contributed by atoms with Crippen LogP contribution in [0.1, 0.15) is 11.1 Å². The highest BCUT2D eigenvalue weighted by atomic mass is 19.1. The molecular weight excluding hydrogens is 129 g/mol. The summed E-state index contributed by atoms with van der Waals surface area (Å²) in [5, 5.41) is 0. The summed E-state index contributed by atoms with van der Waals surface area (Å²) < 4.78 is 11.6. The molecule has 0 bridgehead atoms. The van der Waals surface area contributed by atoms with Crippen LogP contribution in [0.2, 0.25) is 0 Å². The van der Waals surface area contributed by atoms with Crippen LogP contribution in [-0.4, -0.2) is 11.7 Å². The third kappa shape index (κ3) is 2.21. The second-order valence-electron chi connectivity index (χ2n) is 2.29. The zero-order valence-electron chi connectivity index (χ0n) is 6.98. The number of hydrogen-bond acceptors (Lipinski definition) is 0. The number of nitrogens with zero attached hydrogens (tertiary/aromatic N) is 1. The zero-order valence-corrected chi connectivity index (χ0v) is 6.98. The molecule has 0 aromatic carbocycles. The van der Waals surface area contributed by atoms with E-state index in [9.17, 15) is 4.39 Å². The average Bonchev–Trinajstić information content (AvgIpc) is 2.16. The molecule has 0 aliphatic carbocycles. The van der Waals surface area contributed by atoms with Crippen LogP contribution in [-0.2, 0) is 7.05 Å². The topological polar surface area (TPSA) is 4.93 Å². The van der Waals surface area contributed by atoms with Gasteiger partial charge >= 0.3 is 0 Å². The summed E-state index contributed by atoms with van der Waals surface area (Å²) in [6.07, 6.45) is 4.24. The molecule has 1 rings (SSSR count). The first-order valence-electron chi connectivity index (χ1n) is 3.17. The number of hydrogen-bond donors (Lipinski definition) is 0. The molecule has 2 heteroatoms. The number of aryl methyl sites for hydroxylation is 3. The molecule has 10 heavy (non-hydrogen) atoms. The van der Waals surface area contributed by atoms with E-state index in [2.05, 4.69) is 30.8 Å². The smallest absolute Gasteiger partial charge is 0.0785 e. The molecule has 0 saturated heterocycles. The summed E-state index contributed by atoms with van der Waals surface area (Å²) >= 11 is 0. The van der Waals surface area contributed by atoms with Crippen molar-refractivity contribution in [3.05, 3.63) is 23.5 Å². The first kappa shape index (κ1) is 9.21. The van der Waals surface area contributed by atoms with Crippen molar-refractivity contribution in [3.63, 3.8) is 0 Å². The molecule has 1 aromatic heterocycles. The molecule has 1 aromatic rings. The van der Waals surface area contributed by atoms with Crippen molar-refractivity contribution < 1.29 is 4.39 Å². The molecule has 0 amide bonds. The third-order valence-electron chi connectivity index (χ3n) is 1.42. The lowest BCUT2D eigenvalue weighted by Gasteiger charge is -1.81. The Labute approximate surface area is 61.5 Å². The summed E-state index contributed by atoms with van der Waals surface area (Å²) in [6, 6.07) is 0. The molecular formula is C8H14FN. The van der Waals surface area contributed by atoms with Crippen molar-refractivity contribution in [2.24, 2.45) is 7.05 Å². The van der Waals surface area contributed by atoms with E-state index < -0.39 is 0 Å². The fourth-order valence-electron chi connectivity index (χ4n) is 0.852. The highest BCUT2D eigenvalue weighted by molar-refractivity contribution is 5.19. The van der Waals surface area contributed by atoms with Crippen LogP contribution in [0.3, 0.4) is 0 Å². The van der Waals surface area contributed by atoms with Crippen LogP contribution in [0.5, 0.6) is 0 Å². The van der Waals surface area contributed by atoms with Crippen LogP contribution in [0.25, 0.3) is 0 Å². The Morgan fingerprint density at radius 2 is 1.40 bits per heavy atom. The monoisotopic (exact) mass is 143 g/mol. The van der Waals surface area contributed by atoms with Crippen LogP contribution in [0.15, 0.2) is 12.4 Å². The Balaban J connectivity index is 0.000000371. The fourth-order valence-corrected chi connectivity index (χ4v) is 0.852. The molecule has 0 spiro atoms. The minimum atomic E-state index is 0.500. The molecule has 0 atom stereocenters. The van der Waals surface area contributed by atoms with Gasteiger partial charge in [0.05, 0.1) is 7.18 Å². The van der Waals surface area contributed by atoms with Gasteiger partial charge in [-0.1, -0.05) is 0 Å². The van der Waals surface area contributed by atoms with Gasteiger partial charge in [0.25, 0.3) is 0 Å². The maximum atomic E-state index is 9.50. The molecule has 0 fully saturated rings.